The Morgan fingerprint density at radius 1 is 1.32 bits per heavy atom. The lowest BCUT2D eigenvalue weighted by Gasteiger charge is -2.16. The molecular weight excluding hydrogens is 306 g/mol. The van der Waals surface area contributed by atoms with Crippen LogP contribution in [-0.4, -0.2) is 23.4 Å². The largest absolute Gasteiger partial charge is 0.489 e. The smallest absolute Gasteiger partial charge is 0.233 e. The maximum absolute atomic E-state index is 11.4. The fourth-order valence-electron chi connectivity index (χ4n) is 1.68. The van der Waals surface area contributed by atoms with Gasteiger partial charge in [-0.15, -0.1) is 0 Å². The van der Waals surface area contributed by atoms with E-state index in [0.29, 0.717) is 6.54 Å². The molecule has 0 spiro atoms. The second-order valence-electron chi connectivity index (χ2n) is 4.68. The van der Waals surface area contributed by atoms with E-state index in [2.05, 4.69) is 40.3 Å². The number of hydrogen-bond acceptors (Lipinski definition) is 2. The van der Waals surface area contributed by atoms with Crippen molar-refractivity contribution in [3.05, 3.63) is 29.8 Å². The van der Waals surface area contributed by atoms with Crippen molar-refractivity contribution in [2.75, 3.05) is 6.54 Å². The van der Waals surface area contributed by atoms with Gasteiger partial charge in [-0.25, -0.2) is 0 Å². The number of ether oxygens (including phenoxy) is 1. The summed E-state index contributed by atoms with van der Waals surface area (Å²) in [5.74, 6) is 0.822. The molecule has 1 rings (SSSR count). The molecule has 0 fully saturated rings. The summed E-state index contributed by atoms with van der Waals surface area (Å²) >= 11 is 3.23. The van der Waals surface area contributed by atoms with Crippen LogP contribution in [0, 0.1) is 0 Å². The highest BCUT2D eigenvalue weighted by Gasteiger charge is 2.10. The zero-order valence-corrected chi connectivity index (χ0v) is 13.4. The third-order valence-electron chi connectivity index (χ3n) is 2.72. The number of alkyl halides is 1. The lowest BCUT2D eigenvalue weighted by molar-refractivity contribution is -0.120. The Bertz CT molecular complexity index is 390. The van der Waals surface area contributed by atoms with E-state index in [4.69, 9.17) is 4.74 Å². The molecule has 4 heteroatoms. The minimum absolute atomic E-state index is 0.0197. The van der Waals surface area contributed by atoms with Gasteiger partial charge < -0.3 is 10.1 Å². The monoisotopic (exact) mass is 327 g/mol. The first kappa shape index (κ1) is 16.0. The Kier molecular flexibility index (Phi) is 6.92. The molecule has 3 nitrogen and oxygen atoms in total. The van der Waals surface area contributed by atoms with Gasteiger partial charge in [0.25, 0.3) is 0 Å². The van der Waals surface area contributed by atoms with Crippen LogP contribution in [0.3, 0.4) is 0 Å². The van der Waals surface area contributed by atoms with Gasteiger partial charge in [-0.1, -0.05) is 41.4 Å². The molecule has 0 aliphatic carbocycles. The van der Waals surface area contributed by atoms with E-state index < -0.39 is 0 Å². The summed E-state index contributed by atoms with van der Waals surface area (Å²) in [5, 5.41) is 2.82. The number of amides is 1. The van der Waals surface area contributed by atoms with Crippen molar-refractivity contribution in [2.24, 2.45) is 0 Å². The molecule has 2 atom stereocenters. The van der Waals surface area contributed by atoms with Gasteiger partial charge in [0.1, 0.15) is 11.9 Å². The van der Waals surface area contributed by atoms with Crippen molar-refractivity contribution in [1.82, 2.24) is 5.32 Å². The van der Waals surface area contributed by atoms with Gasteiger partial charge in [-0.05, 0) is 38.0 Å². The Morgan fingerprint density at radius 2 is 1.95 bits per heavy atom. The van der Waals surface area contributed by atoms with Crippen LogP contribution in [-0.2, 0) is 11.2 Å². The van der Waals surface area contributed by atoms with Crippen molar-refractivity contribution in [1.29, 1.82) is 0 Å². The minimum atomic E-state index is -0.173. The molecule has 19 heavy (non-hydrogen) atoms. The molecule has 106 valence electrons. The third-order valence-corrected chi connectivity index (χ3v) is 3.14. The maximum atomic E-state index is 11.4. The lowest BCUT2D eigenvalue weighted by Crippen LogP contribution is -2.36. The molecule has 0 aromatic heterocycles. The molecule has 0 aliphatic rings. The zero-order valence-electron chi connectivity index (χ0n) is 11.8. The highest BCUT2D eigenvalue weighted by Crippen LogP contribution is 2.14. The molecule has 0 saturated carbocycles. The Labute approximate surface area is 123 Å². The molecule has 1 aromatic rings. The van der Waals surface area contributed by atoms with Crippen LogP contribution in [0.2, 0.25) is 0 Å². The van der Waals surface area contributed by atoms with Crippen molar-refractivity contribution in [3.63, 3.8) is 0 Å². The van der Waals surface area contributed by atoms with E-state index in [1.54, 1.807) is 6.92 Å². The van der Waals surface area contributed by atoms with Crippen LogP contribution in [0.5, 0.6) is 5.75 Å². The highest BCUT2D eigenvalue weighted by atomic mass is 79.9. The Hall–Kier alpha value is -1.03. The zero-order chi connectivity index (χ0) is 14.3. The van der Waals surface area contributed by atoms with Gasteiger partial charge in [-0.3, -0.25) is 4.79 Å². The highest BCUT2D eigenvalue weighted by molar-refractivity contribution is 9.10. The third kappa shape index (κ3) is 6.10. The molecular formula is C15H22BrNO2. The number of carbonyl (C=O) groups is 1. The molecule has 0 saturated heterocycles. The summed E-state index contributed by atoms with van der Waals surface area (Å²) in [6, 6.07) is 8.14. The van der Waals surface area contributed by atoms with Gasteiger partial charge in [0.05, 0.1) is 11.4 Å². The van der Waals surface area contributed by atoms with Gasteiger partial charge >= 0.3 is 0 Å². The summed E-state index contributed by atoms with van der Waals surface area (Å²) in [6.07, 6.45) is 2.19. The number of carbonyl (C=O) groups excluding carboxylic acids is 1. The molecule has 0 aliphatic heterocycles. The van der Waals surface area contributed by atoms with Crippen molar-refractivity contribution < 1.29 is 9.53 Å². The van der Waals surface area contributed by atoms with Crippen molar-refractivity contribution in [3.8, 4) is 5.75 Å². The lowest BCUT2D eigenvalue weighted by atomic mass is 10.1. The van der Waals surface area contributed by atoms with Crippen molar-refractivity contribution >= 4 is 21.8 Å². The topological polar surface area (TPSA) is 38.3 Å². The SMILES string of the molecule is CCCc1ccc(OC(C)CNC(=O)C(C)Br)cc1. The first-order valence-corrected chi connectivity index (χ1v) is 7.62. The van der Waals surface area contributed by atoms with E-state index in [1.807, 2.05) is 19.1 Å². The van der Waals surface area contributed by atoms with E-state index in [0.717, 1.165) is 18.6 Å². The first-order chi connectivity index (χ1) is 9.02. The second-order valence-corrected chi connectivity index (χ2v) is 6.06. The summed E-state index contributed by atoms with van der Waals surface area (Å²) in [5.41, 5.74) is 1.32. The standard InChI is InChI=1S/C15H22BrNO2/c1-4-5-13-6-8-14(9-7-13)19-11(2)10-17-15(18)12(3)16/h6-9,11-12H,4-5,10H2,1-3H3,(H,17,18). The average Bonchev–Trinajstić information content (AvgIpc) is 2.38. The molecule has 0 bridgehead atoms. The number of rotatable bonds is 7. The maximum Gasteiger partial charge on any atom is 0.233 e. The Balaban J connectivity index is 2.39. The molecule has 1 amide bonds. The second kappa shape index (κ2) is 8.20. The average molecular weight is 328 g/mol. The fraction of sp³-hybridized carbons (Fsp3) is 0.533. The number of halogens is 1. The summed E-state index contributed by atoms with van der Waals surface area (Å²) in [4.78, 5) is 11.2. The van der Waals surface area contributed by atoms with Gasteiger partial charge in [0.15, 0.2) is 0 Å². The minimum Gasteiger partial charge on any atom is -0.489 e. The van der Waals surface area contributed by atoms with Gasteiger partial charge in [-0.2, -0.15) is 0 Å². The molecule has 0 heterocycles. The van der Waals surface area contributed by atoms with Gasteiger partial charge in [0.2, 0.25) is 5.91 Å². The van der Waals surface area contributed by atoms with Crippen LogP contribution >= 0.6 is 15.9 Å². The normalized spacial score (nSPS) is 13.7. The van der Waals surface area contributed by atoms with E-state index in [9.17, 15) is 4.79 Å². The van der Waals surface area contributed by atoms with Crippen LogP contribution in [0.1, 0.15) is 32.8 Å². The first-order valence-electron chi connectivity index (χ1n) is 6.70. The summed E-state index contributed by atoms with van der Waals surface area (Å²) in [6.45, 7) is 6.41. The van der Waals surface area contributed by atoms with Crippen LogP contribution in [0.4, 0.5) is 0 Å². The van der Waals surface area contributed by atoms with Crippen LogP contribution < -0.4 is 10.1 Å². The van der Waals surface area contributed by atoms with E-state index >= 15 is 0 Å². The van der Waals surface area contributed by atoms with Gasteiger partial charge in [0, 0.05) is 0 Å². The number of benzene rings is 1. The quantitative estimate of drug-likeness (QED) is 0.780. The predicted octanol–water partition coefficient (Wildman–Crippen LogP) is 3.31. The molecule has 1 N–H and O–H groups in total. The van der Waals surface area contributed by atoms with Crippen LogP contribution in [0.15, 0.2) is 24.3 Å². The summed E-state index contributed by atoms with van der Waals surface area (Å²) < 4.78 is 5.75. The summed E-state index contributed by atoms with van der Waals surface area (Å²) in [7, 11) is 0. The van der Waals surface area contributed by atoms with Crippen LogP contribution in [0.25, 0.3) is 0 Å². The fourth-order valence-corrected chi connectivity index (χ4v) is 1.84. The number of nitrogens with one attached hydrogen (secondary N) is 1. The Morgan fingerprint density at radius 3 is 2.47 bits per heavy atom. The predicted molar refractivity (Wildman–Crippen MR) is 81.9 cm³/mol. The molecule has 0 radical (unpaired) electrons. The number of hydrogen-bond donors (Lipinski definition) is 1. The van der Waals surface area contributed by atoms with Crippen molar-refractivity contribution in [2.45, 2.75) is 44.5 Å². The molecule has 1 aromatic carbocycles. The van der Waals surface area contributed by atoms with E-state index in [-0.39, 0.29) is 16.8 Å². The van der Waals surface area contributed by atoms with E-state index in [1.165, 1.54) is 5.56 Å². The number of aryl methyl sites for hydroxylation is 1. The molecule has 2 unspecified atom stereocenters.